The van der Waals surface area contributed by atoms with Gasteiger partial charge in [0.25, 0.3) is 0 Å². The summed E-state index contributed by atoms with van der Waals surface area (Å²) in [7, 11) is 0. The van der Waals surface area contributed by atoms with Crippen LogP contribution < -0.4 is 11.1 Å². The Labute approximate surface area is 107 Å². The van der Waals surface area contributed by atoms with E-state index in [2.05, 4.69) is 15.4 Å². The summed E-state index contributed by atoms with van der Waals surface area (Å²) in [6.45, 7) is 6.67. The highest BCUT2D eigenvalue weighted by molar-refractivity contribution is 5.78. The normalized spacial score (nSPS) is 12.9. The van der Waals surface area contributed by atoms with E-state index in [-0.39, 0.29) is 5.54 Å². The lowest BCUT2D eigenvalue weighted by Gasteiger charge is -2.20. The number of pyridine rings is 1. The third kappa shape index (κ3) is 3.00. The van der Waals surface area contributed by atoms with Crippen LogP contribution in [0, 0.1) is 0 Å². The van der Waals surface area contributed by atoms with Gasteiger partial charge in [0.2, 0.25) is 0 Å². The van der Waals surface area contributed by atoms with Crippen LogP contribution in [-0.2, 0) is 6.54 Å². The Morgan fingerprint density at radius 2 is 2.22 bits per heavy atom. The lowest BCUT2D eigenvalue weighted by molar-refractivity contribution is 0.508. The molecule has 96 valence electrons. The zero-order valence-electron chi connectivity index (χ0n) is 11.0. The van der Waals surface area contributed by atoms with Crippen molar-refractivity contribution in [1.29, 1.82) is 0 Å². The molecule has 0 aliphatic carbocycles. The fourth-order valence-corrected chi connectivity index (χ4v) is 1.70. The van der Waals surface area contributed by atoms with Crippen LogP contribution in [-0.4, -0.2) is 21.1 Å². The molecule has 2 rings (SSSR count). The Morgan fingerprint density at radius 1 is 1.44 bits per heavy atom. The molecule has 0 aromatic carbocycles. The number of aliphatic imine (C=N–C) groups is 1. The van der Waals surface area contributed by atoms with Gasteiger partial charge in [0, 0.05) is 17.3 Å². The Kier molecular flexibility index (Phi) is 3.23. The maximum Gasteiger partial charge on any atom is 0.189 e. The van der Waals surface area contributed by atoms with E-state index in [4.69, 9.17) is 5.73 Å². The fraction of sp³-hybridized carbons (Fsp3) is 0.385. The molecule has 5 heteroatoms. The van der Waals surface area contributed by atoms with Crippen molar-refractivity contribution in [2.75, 3.05) is 0 Å². The number of aromatic nitrogens is 2. The smallest absolute Gasteiger partial charge is 0.189 e. The predicted molar refractivity (Wildman–Crippen MR) is 73.4 cm³/mol. The molecule has 0 fully saturated rings. The minimum atomic E-state index is -0.0747. The Bertz CT molecular complexity index is 562. The minimum absolute atomic E-state index is 0.0747. The summed E-state index contributed by atoms with van der Waals surface area (Å²) in [4.78, 5) is 4.33. The van der Waals surface area contributed by atoms with E-state index in [1.807, 2.05) is 55.9 Å². The first-order valence-corrected chi connectivity index (χ1v) is 5.95. The van der Waals surface area contributed by atoms with Crippen molar-refractivity contribution in [3.05, 3.63) is 36.2 Å². The molecule has 2 aromatic rings. The van der Waals surface area contributed by atoms with Gasteiger partial charge in [-0.05, 0) is 32.9 Å². The molecule has 0 aliphatic heterocycles. The lowest BCUT2D eigenvalue weighted by atomic mass is 10.1. The molecule has 0 aliphatic rings. The van der Waals surface area contributed by atoms with Crippen LogP contribution in [0.4, 0.5) is 0 Å². The van der Waals surface area contributed by atoms with Crippen LogP contribution in [0.1, 0.15) is 26.3 Å². The van der Waals surface area contributed by atoms with E-state index in [0.717, 1.165) is 11.1 Å². The number of nitrogens with two attached hydrogens (primary N) is 1. The third-order valence-electron chi connectivity index (χ3n) is 2.43. The third-order valence-corrected chi connectivity index (χ3v) is 2.43. The molecule has 0 radical (unpaired) electrons. The zero-order chi connectivity index (χ0) is 13.2. The topological polar surface area (TPSA) is 67.7 Å². The number of hydrogen-bond acceptors (Lipinski definition) is 2. The quantitative estimate of drug-likeness (QED) is 0.623. The second-order valence-corrected chi connectivity index (χ2v) is 5.28. The van der Waals surface area contributed by atoms with Gasteiger partial charge in [0.1, 0.15) is 0 Å². The van der Waals surface area contributed by atoms with Gasteiger partial charge in [-0.25, -0.2) is 9.51 Å². The van der Waals surface area contributed by atoms with Crippen LogP contribution in [0.25, 0.3) is 5.52 Å². The number of nitrogens with zero attached hydrogens (tertiary/aromatic N) is 3. The monoisotopic (exact) mass is 245 g/mol. The van der Waals surface area contributed by atoms with E-state index in [1.54, 1.807) is 0 Å². The van der Waals surface area contributed by atoms with E-state index in [9.17, 15) is 0 Å². The highest BCUT2D eigenvalue weighted by Gasteiger charge is 2.10. The van der Waals surface area contributed by atoms with Crippen molar-refractivity contribution in [1.82, 2.24) is 14.9 Å². The SMILES string of the molecule is CC(C)(C)NC(N)=NCc1cnn2ccccc12. The van der Waals surface area contributed by atoms with Crippen molar-refractivity contribution in [2.24, 2.45) is 10.7 Å². The maximum atomic E-state index is 5.83. The first-order valence-electron chi connectivity index (χ1n) is 5.95. The van der Waals surface area contributed by atoms with Gasteiger partial charge in [-0.2, -0.15) is 5.10 Å². The number of rotatable bonds is 2. The molecule has 0 amide bonds. The van der Waals surface area contributed by atoms with Gasteiger partial charge >= 0.3 is 0 Å². The molecule has 3 N–H and O–H groups in total. The van der Waals surface area contributed by atoms with Crippen molar-refractivity contribution >= 4 is 11.5 Å². The van der Waals surface area contributed by atoms with Crippen LogP contribution in [0.5, 0.6) is 0 Å². The van der Waals surface area contributed by atoms with Gasteiger partial charge in [-0.1, -0.05) is 6.07 Å². The van der Waals surface area contributed by atoms with Crippen LogP contribution in [0.3, 0.4) is 0 Å². The van der Waals surface area contributed by atoms with Crippen molar-refractivity contribution in [3.8, 4) is 0 Å². The van der Waals surface area contributed by atoms with Crippen LogP contribution in [0.15, 0.2) is 35.6 Å². The Balaban J connectivity index is 2.13. The second kappa shape index (κ2) is 4.68. The van der Waals surface area contributed by atoms with Gasteiger partial charge in [-0.3, -0.25) is 0 Å². The number of fused-ring (bicyclic) bond motifs is 1. The molecule has 2 heterocycles. The average molecular weight is 245 g/mol. The molecule has 0 saturated heterocycles. The maximum absolute atomic E-state index is 5.83. The first kappa shape index (κ1) is 12.4. The minimum Gasteiger partial charge on any atom is -0.370 e. The summed E-state index contributed by atoms with van der Waals surface area (Å²) in [6, 6.07) is 5.95. The van der Waals surface area contributed by atoms with Gasteiger partial charge in [0.15, 0.2) is 5.96 Å². The standard InChI is InChI=1S/C13H19N5/c1-13(2,3)17-12(14)15-8-10-9-16-18-7-5-4-6-11(10)18/h4-7,9H,8H2,1-3H3,(H3,14,15,17). The zero-order valence-corrected chi connectivity index (χ0v) is 11.0. The summed E-state index contributed by atoms with van der Waals surface area (Å²) in [5.74, 6) is 0.456. The molecule has 18 heavy (non-hydrogen) atoms. The number of guanidine groups is 1. The molecule has 0 bridgehead atoms. The van der Waals surface area contributed by atoms with E-state index < -0.39 is 0 Å². The highest BCUT2D eigenvalue weighted by atomic mass is 15.2. The molecule has 0 unspecified atom stereocenters. The second-order valence-electron chi connectivity index (χ2n) is 5.28. The first-order chi connectivity index (χ1) is 8.46. The molecule has 0 atom stereocenters. The Hall–Kier alpha value is -2.04. The summed E-state index contributed by atoms with van der Waals surface area (Å²) in [5, 5.41) is 7.39. The molecule has 0 saturated carbocycles. The highest BCUT2D eigenvalue weighted by Crippen LogP contribution is 2.10. The van der Waals surface area contributed by atoms with Crippen LogP contribution >= 0.6 is 0 Å². The van der Waals surface area contributed by atoms with Gasteiger partial charge in [-0.15, -0.1) is 0 Å². The van der Waals surface area contributed by atoms with E-state index in [0.29, 0.717) is 12.5 Å². The summed E-state index contributed by atoms with van der Waals surface area (Å²) in [5.41, 5.74) is 7.88. The molecule has 2 aromatic heterocycles. The van der Waals surface area contributed by atoms with E-state index >= 15 is 0 Å². The van der Waals surface area contributed by atoms with Crippen molar-refractivity contribution in [2.45, 2.75) is 32.9 Å². The molecule has 5 nitrogen and oxygen atoms in total. The van der Waals surface area contributed by atoms with E-state index in [1.165, 1.54) is 0 Å². The molecular formula is C13H19N5. The van der Waals surface area contributed by atoms with Gasteiger partial charge < -0.3 is 11.1 Å². The van der Waals surface area contributed by atoms with Gasteiger partial charge in [0.05, 0.1) is 18.3 Å². The average Bonchev–Trinajstić information content (AvgIpc) is 2.67. The predicted octanol–water partition coefficient (Wildman–Crippen LogP) is 1.54. The number of nitrogens with one attached hydrogen (secondary N) is 1. The molecule has 0 spiro atoms. The van der Waals surface area contributed by atoms with Crippen molar-refractivity contribution < 1.29 is 0 Å². The summed E-state index contributed by atoms with van der Waals surface area (Å²) < 4.78 is 1.83. The molecular weight excluding hydrogens is 226 g/mol. The number of hydrogen-bond donors (Lipinski definition) is 2. The fourth-order valence-electron chi connectivity index (χ4n) is 1.70. The van der Waals surface area contributed by atoms with Crippen molar-refractivity contribution in [3.63, 3.8) is 0 Å². The largest absolute Gasteiger partial charge is 0.370 e. The summed E-state index contributed by atoms with van der Waals surface area (Å²) >= 11 is 0. The van der Waals surface area contributed by atoms with Crippen LogP contribution in [0.2, 0.25) is 0 Å². The summed E-state index contributed by atoms with van der Waals surface area (Å²) in [6.07, 6.45) is 3.74. The lowest BCUT2D eigenvalue weighted by Crippen LogP contribution is -2.44. The Morgan fingerprint density at radius 3 is 2.94 bits per heavy atom.